The van der Waals surface area contributed by atoms with Gasteiger partial charge >= 0.3 is 7.60 Å². The first-order valence-corrected chi connectivity index (χ1v) is 6.04. The van der Waals surface area contributed by atoms with Crippen molar-refractivity contribution in [3.63, 3.8) is 0 Å². The summed E-state index contributed by atoms with van der Waals surface area (Å²) in [6.45, 7) is 0. The van der Waals surface area contributed by atoms with Gasteiger partial charge in [-0.15, -0.1) is 0 Å². The third-order valence-corrected chi connectivity index (χ3v) is 3.21. The second-order valence-electron chi connectivity index (χ2n) is 3.00. The minimum atomic E-state index is -4.53. The first kappa shape index (κ1) is 13.1. The van der Waals surface area contributed by atoms with Gasteiger partial charge in [-0.3, -0.25) is 14.7 Å². The van der Waals surface area contributed by atoms with Gasteiger partial charge in [-0.1, -0.05) is 17.7 Å². The number of nitrogens with two attached hydrogens (primary N) is 1. The number of benzene rings is 1. The average Bonchev–Trinajstić information content (AvgIpc) is 2.15. The lowest BCUT2D eigenvalue weighted by Gasteiger charge is -2.13. The van der Waals surface area contributed by atoms with E-state index in [1.54, 1.807) is 0 Å². The van der Waals surface area contributed by atoms with Gasteiger partial charge in [0.25, 0.3) is 5.69 Å². The minimum absolute atomic E-state index is 0.0376. The largest absolute Gasteiger partial charge is 0.346 e. The second kappa shape index (κ2) is 4.48. The highest BCUT2D eigenvalue weighted by Crippen LogP contribution is 2.48. The molecule has 1 rings (SSSR count). The number of nitrogens with zero attached hydrogens (tertiary/aromatic N) is 1. The summed E-state index contributed by atoms with van der Waals surface area (Å²) in [6, 6.07) is 3.36. The van der Waals surface area contributed by atoms with Gasteiger partial charge in [0.15, 0.2) is 0 Å². The van der Waals surface area contributed by atoms with Gasteiger partial charge in [-0.25, -0.2) is 0 Å². The highest BCUT2D eigenvalue weighted by atomic mass is 35.5. The first-order chi connectivity index (χ1) is 7.23. The van der Waals surface area contributed by atoms with Crippen LogP contribution in [0.15, 0.2) is 18.2 Å². The molecule has 0 amide bonds. The van der Waals surface area contributed by atoms with E-state index in [2.05, 4.69) is 0 Å². The summed E-state index contributed by atoms with van der Waals surface area (Å²) in [6.07, 6.45) is 0. The molecule has 0 saturated carbocycles. The summed E-state index contributed by atoms with van der Waals surface area (Å²) in [5.41, 5.74) is 4.78. The summed E-state index contributed by atoms with van der Waals surface area (Å²) >= 11 is 5.53. The normalized spacial score (nSPS) is 13.5. The highest BCUT2D eigenvalue weighted by Gasteiger charge is 2.28. The molecule has 4 N–H and O–H groups in total. The predicted octanol–water partition coefficient (Wildman–Crippen LogP) is 1.38. The molecule has 16 heavy (non-hydrogen) atoms. The van der Waals surface area contributed by atoms with Crippen molar-refractivity contribution < 1.29 is 19.3 Å². The second-order valence-corrected chi connectivity index (χ2v) is 5.14. The zero-order chi connectivity index (χ0) is 12.5. The Labute approximate surface area is 95.1 Å². The number of rotatable bonds is 3. The van der Waals surface area contributed by atoms with E-state index in [-0.39, 0.29) is 10.6 Å². The molecule has 0 heterocycles. The Morgan fingerprint density at radius 3 is 2.50 bits per heavy atom. The van der Waals surface area contributed by atoms with Crippen LogP contribution < -0.4 is 5.73 Å². The maximum Gasteiger partial charge on any atom is 0.346 e. The standard InChI is InChI=1S/C7H8ClN2O5P/c8-5-2-1-4(3-6(5)10(11)12)7(9)16(13,14)15/h1-3,7H,9H2,(H2,13,14,15)/t7-/m0/s1. The van der Waals surface area contributed by atoms with Crippen molar-refractivity contribution in [3.05, 3.63) is 38.9 Å². The molecule has 0 aromatic heterocycles. The molecule has 0 aliphatic rings. The van der Waals surface area contributed by atoms with Gasteiger partial charge < -0.3 is 15.5 Å². The van der Waals surface area contributed by atoms with E-state index < -0.39 is 24.0 Å². The van der Waals surface area contributed by atoms with E-state index in [1.165, 1.54) is 12.1 Å². The molecule has 0 aliphatic heterocycles. The van der Waals surface area contributed by atoms with Gasteiger partial charge in [0.1, 0.15) is 10.8 Å². The molecule has 0 radical (unpaired) electrons. The third kappa shape index (κ3) is 2.78. The summed E-state index contributed by atoms with van der Waals surface area (Å²) < 4.78 is 10.9. The maximum absolute atomic E-state index is 10.9. The molecule has 0 spiro atoms. The fourth-order valence-electron chi connectivity index (χ4n) is 1.05. The molecule has 0 fully saturated rings. The number of nitro benzene ring substituents is 1. The van der Waals surface area contributed by atoms with Crippen molar-refractivity contribution in [1.82, 2.24) is 0 Å². The number of hydrogen-bond acceptors (Lipinski definition) is 4. The lowest BCUT2D eigenvalue weighted by Crippen LogP contribution is -2.10. The molecule has 0 bridgehead atoms. The van der Waals surface area contributed by atoms with Crippen LogP contribution in [0.5, 0.6) is 0 Å². The fraction of sp³-hybridized carbons (Fsp3) is 0.143. The fourth-order valence-corrected chi connectivity index (χ4v) is 1.78. The quantitative estimate of drug-likeness (QED) is 0.431. The van der Waals surface area contributed by atoms with Gasteiger partial charge in [-0.2, -0.15) is 0 Å². The Morgan fingerprint density at radius 1 is 1.50 bits per heavy atom. The van der Waals surface area contributed by atoms with Crippen molar-refractivity contribution in [1.29, 1.82) is 0 Å². The number of halogens is 1. The lowest BCUT2D eigenvalue weighted by molar-refractivity contribution is -0.384. The van der Waals surface area contributed by atoms with Crippen LogP contribution in [0.25, 0.3) is 0 Å². The molecule has 1 aromatic rings. The Bertz CT molecular complexity index is 474. The van der Waals surface area contributed by atoms with Crippen LogP contribution in [0.4, 0.5) is 5.69 Å². The topological polar surface area (TPSA) is 127 Å². The molecule has 88 valence electrons. The number of nitro groups is 1. The Morgan fingerprint density at radius 2 is 2.06 bits per heavy atom. The van der Waals surface area contributed by atoms with E-state index in [0.29, 0.717) is 0 Å². The van der Waals surface area contributed by atoms with Crippen LogP contribution in [0.3, 0.4) is 0 Å². The summed E-state index contributed by atoms with van der Waals surface area (Å²) in [4.78, 5) is 27.4. The summed E-state index contributed by atoms with van der Waals surface area (Å²) in [5.74, 6) is -1.59. The summed E-state index contributed by atoms with van der Waals surface area (Å²) in [7, 11) is -4.53. The van der Waals surface area contributed by atoms with E-state index >= 15 is 0 Å². The average molecular weight is 267 g/mol. The molecular weight excluding hydrogens is 259 g/mol. The van der Waals surface area contributed by atoms with Crippen LogP contribution >= 0.6 is 19.2 Å². The van der Waals surface area contributed by atoms with E-state index in [0.717, 1.165) is 6.07 Å². The van der Waals surface area contributed by atoms with Crippen LogP contribution in [0.1, 0.15) is 11.3 Å². The van der Waals surface area contributed by atoms with Crippen LogP contribution in [-0.4, -0.2) is 14.7 Å². The maximum atomic E-state index is 10.9. The monoisotopic (exact) mass is 266 g/mol. The SMILES string of the molecule is N[C@H](c1ccc(Cl)c([N+](=O)[O-])c1)P(=O)(O)O. The molecule has 0 saturated heterocycles. The van der Waals surface area contributed by atoms with Gasteiger partial charge in [0, 0.05) is 6.07 Å². The van der Waals surface area contributed by atoms with Gasteiger partial charge in [0.2, 0.25) is 0 Å². The van der Waals surface area contributed by atoms with Crippen molar-refractivity contribution >= 4 is 24.9 Å². The van der Waals surface area contributed by atoms with Gasteiger partial charge in [-0.05, 0) is 11.6 Å². The van der Waals surface area contributed by atoms with Crippen molar-refractivity contribution in [2.24, 2.45) is 5.73 Å². The van der Waals surface area contributed by atoms with Crippen molar-refractivity contribution in [2.45, 2.75) is 5.78 Å². The molecular formula is C7H8ClN2O5P. The van der Waals surface area contributed by atoms with Gasteiger partial charge in [0.05, 0.1) is 4.92 Å². The smallest absolute Gasteiger partial charge is 0.323 e. The molecule has 1 atom stereocenters. The Kier molecular flexibility index (Phi) is 3.67. The highest BCUT2D eigenvalue weighted by molar-refractivity contribution is 7.52. The van der Waals surface area contributed by atoms with Crippen LogP contribution in [0, 0.1) is 10.1 Å². The Hall–Kier alpha value is -0.980. The zero-order valence-corrected chi connectivity index (χ0v) is 9.43. The zero-order valence-electron chi connectivity index (χ0n) is 7.78. The minimum Gasteiger partial charge on any atom is -0.323 e. The third-order valence-electron chi connectivity index (χ3n) is 1.87. The van der Waals surface area contributed by atoms with E-state index in [9.17, 15) is 14.7 Å². The molecule has 1 aromatic carbocycles. The molecule has 9 heteroatoms. The lowest BCUT2D eigenvalue weighted by atomic mass is 10.2. The molecule has 7 nitrogen and oxygen atoms in total. The predicted molar refractivity (Wildman–Crippen MR) is 57.1 cm³/mol. The van der Waals surface area contributed by atoms with Crippen molar-refractivity contribution in [2.75, 3.05) is 0 Å². The Balaban J connectivity index is 3.23. The van der Waals surface area contributed by atoms with Crippen molar-refractivity contribution in [3.8, 4) is 0 Å². The molecule has 0 unspecified atom stereocenters. The first-order valence-electron chi connectivity index (χ1n) is 3.98. The van der Waals surface area contributed by atoms with Crippen LogP contribution in [-0.2, 0) is 4.57 Å². The number of hydrogen-bond donors (Lipinski definition) is 3. The van der Waals surface area contributed by atoms with Crippen LogP contribution in [0.2, 0.25) is 5.02 Å². The summed E-state index contributed by atoms with van der Waals surface area (Å²) in [5, 5.41) is 10.4. The van der Waals surface area contributed by atoms with E-state index in [1.807, 2.05) is 0 Å². The van der Waals surface area contributed by atoms with E-state index in [4.69, 9.17) is 27.1 Å². The molecule has 0 aliphatic carbocycles.